The Labute approximate surface area is 232 Å². The van der Waals surface area contributed by atoms with Crippen LogP contribution in [-0.4, -0.2) is 29.8 Å². The van der Waals surface area contributed by atoms with E-state index in [-0.39, 0.29) is 52.5 Å². The lowest BCUT2D eigenvalue weighted by Gasteiger charge is -2.22. The minimum absolute atomic E-state index is 0.0124. The van der Waals surface area contributed by atoms with E-state index < -0.39 is 41.3 Å². The van der Waals surface area contributed by atoms with E-state index in [1.165, 1.54) is 13.8 Å². The first-order chi connectivity index (χ1) is 18.7. The van der Waals surface area contributed by atoms with E-state index in [9.17, 15) is 24.0 Å². The molecule has 0 fully saturated rings. The maximum Gasteiger partial charge on any atom is 0.343 e. The summed E-state index contributed by atoms with van der Waals surface area (Å²) in [6.45, 7) is 16.0. The number of carbonyl (C=O) groups excluding carboxylic acids is 4. The average molecular weight is 555 g/mol. The van der Waals surface area contributed by atoms with Gasteiger partial charge in [0.15, 0.2) is 17.3 Å². The van der Waals surface area contributed by atoms with E-state index in [4.69, 9.17) is 23.4 Å². The largest absolute Gasteiger partial charge is 0.485 e. The van der Waals surface area contributed by atoms with Crippen molar-refractivity contribution in [3.8, 4) is 23.0 Å². The molecule has 1 aliphatic heterocycles. The van der Waals surface area contributed by atoms with Crippen LogP contribution >= 0.6 is 0 Å². The van der Waals surface area contributed by atoms with Crippen LogP contribution in [0.4, 0.5) is 0 Å². The van der Waals surface area contributed by atoms with E-state index in [2.05, 4.69) is 6.58 Å². The van der Waals surface area contributed by atoms with Crippen LogP contribution in [0.1, 0.15) is 86.8 Å². The summed E-state index contributed by atoms with van der Waals surface area (Å²) in [6.07, 6.45) is -0.260. The van der Waals surface area contributed by atoms with Crippen molar-refractivity contribution in [2.45, 2.75) is 80.8 Å². The topological polar surface area (TPSA) is 135 Å². The highest BCUT2D eigenvalue weighted by Gasteiger charge is 2.39. The van der Waals surface area contributed by atoms with Gasteiger partial charge in [0.1, 0.15) is 28.9 Å². The van der Waals surface area contributed by atoms with Gasteiger partial charge in [-0.05, 0) is 19.4 Å². The molecule has 40 heavy (non-hydrogen) atoms. The molecule has 1 aromatic carbocycles. The Kier molecular flexibility index (Phi) is 9.02. The quantitative estimate of drug-likeness (QED) is 0.187. The second-order valence-electron chi connectivity index (χ2n) is 10.1. The summed E-state index contributed by atoms with van der Waals surface area (Å²) in [6, 6.07) is 0. The van der Waals surface area contributed by atoms with Gasteiger partial charge < -0.3 is 23.4 Å². The van der Waals surface area contributed by atoms with Crippen LogP contribution in [0, 0.1) is 12.8 Å². The molecule has 1 unspecified atom stereocenters. The van der Waals surface area contributed by atoms with Crippen LogP contribution in [-0.2, 0) is 33.6 Å². The molecule has 3 rings (SSSR count). The minimum atomic E-state index is -0.767. The van der Waals surface area contributed by atoms with Crippen LogP contribution < -0.4 is 24.6 Å². The molecule has 1 atom stereocenters. The molecule has 0 aliphatic carbocycles. The number of Topliss-reactive ketones (excluding diaryl/α,β-unsaturated/α-hetero) is 1. The number of ketones is 1. The van der Waals surface area contributed by atoms with Crippen molar-refractivity contribution >= 4 is 23.7 Å². The molecule has 10 heteroatoms. The molecule has 0 saturated heterocycles. The van der Waals surface area contributed by atoms with Crippen LogP contribution in [0.25, 0.3) is 0 Å². The zero-order valence-corrected chi connectivity index (χ0v) is 24.1. The summed E-state index contributed by atoms with van der Waals surface area (Å²) in [5.41, 5.74) is 0.735. The Morgan fingerprint density at radius 3 is 1.98 bits per heavy atom. The number of fused-ring (bicyclic) bond motifs is 1. The molecule has 0 spiro atoms. The summed E-state index contributed by atoms with van der Waals surface area (Å²) >= 11 is 0. The first-order valence-electron chi connectivity index (χ1n) is 13.0. The second-order valence-corrected chi connectivity index (χ2v) is 10.1. The van der Waals surface area contributed by atoms with E-state index in [0.29, 0.717) is 28.9 Å². The first kappa shape index (κ1) is 30.3. The van der Waals surface area contributed by atoms with Crippen molar-refractivity contribution in [2.75, 3.05) is 0 Å². The molecular formula is C30H34O10. The van der Waals surface area contributed by atoms with Crippen LogP contribution in [0.2, 0.25) is 0 Å². The highest BCUT2D eigenvalue weighted by atomic mass is 16.6. The summed E-state index contributed by atoms with van der Waals surface area (Å²) in [7, 11) is 0. The second kappa shape index (κ2) is 11.9. The Bertz CT molecular complexity index is 1470. The maximum absolute atomic E-state index is 13.6. The van der Waals surface area contributed by atoms with Crippen molar-refractivity contribution < 1.29 is 42.5 Å². The van der Waals surface area contributed by atoms with E-state index in [1.54, 1.807) is 34.6 Å². The molecule has 0 amide bonds. The SMILES string of the molecule is C=C(C)C1Cc2c(c(Cc3c(OC(C)=O)c(C)c(CC)oc3=O)c(OC(C)=O)c(C(=O)C(C)C)c2OC(C)=O)O1. The van der Waals surface area contributed by atoms with Gasteiger partial charge in [0.2, 0.25) is 0 Å². The molecule has 0 N–H and O–H groups in total. The molecular weight excluding hydrogens is 520 g/mol. The Morgan fingerprint density at radius 1 is 0.925 bits per heavy atom. The van der Waals surface area contributed by atoms with Crippen LogP contribution in [0.5, 0.6) is 23.0 Å². The number of carbonyl (C=O) groups is 4. The summed E-state index contributed by atoms with van der Waals surface area (Å²) in [5, 5.41) is 0. The maximum atomic E-state index is 13.6. The van der Waals surface area contributed by atoms with Crippen molar-refractivity contribution in [1.82, 2.24) is 0 Å². The third-order valence-corrected chi connectivity index (χ3v) is 6.43. The molecule has 214 valence electrons. The van der Waals surface area contributed by atoms with Gasteiger partial charge in [-0.25, -0.2) is 4.79 Å². The van der Waals surface area contributed by atoms with Gasteiger partial charge in [0.05, 0.1) is 5.56 Å². The lowest BCUT2D eigenvalue weighted by Crippen LogP contribution is -2.20. The Morgan fingerprint density at radius 2 is 1.48 bits per heavy atom. The van der Waals surface area contributed by atoms with Gasteiger partial charge in [-0.2, -0.15) is 0 Å². The normalized spacial score (nSPS) is 13.9. The number of aryl methyl sites for hydroxylation is 1. The number of esters is 3. The predicted octanol–water partition coefficient (Wildman–Crippen LogP) is 4.60. The fourth-order valence-electron chi connectivity index (χ4n) is 4.59. The third kappa shape index (κ3) is 6.00. The summed E-state index contributed by atoms with van der Waals surface area (Å²) in [5.74, 6) is -2.90. The van der Waals surface area contributed by atoms with Gasteiger partial charge in [-0.3, -0.25) is 19.2 Å². The fraction of sp³-hybridized carbons (Fsp3) is 0.433. The molecule has 2 heterocycles. The average Bonchev–Trinajstić information content (AvgIpc) is 3.29. The van der Waals surface area contributed by atoms with Gasteiger partial charge in [0.25, 0.3) is 0 Å². The monoisotopic (exact) mass is 554 g/mol. The minimum Gasteiger partial charge on any atom is -0.485 e. The smallest absolute Gasteiger partial charge is 0.343 e. The summed E-state index contributed by atoms with van der Waals surface area (Å²) < 4.78 is 28.4. The lowest BCUT2D eigenvalue weighted by molar-refractivity contribution is -0.133. The zero-order valence-electron chi connectivity index (χ0n) is 24.1. The number of benzene rings is 1. The van der Waals surface area contributed by atoms with E-state index in [1.807, 2.05) is 0 Å². The highest BCUT2D eigenvalue weighted by Crippen LogP contribution is 2.50. The number of hydrogen-bond donors (Lipinski definition) is 0. The molecule has 1 aliphatic rings. The first-order valence-corrected chi connectivity index (χ1v) is 13.0. The van der Waals surface area contributed by atoms with E-state index in [0.717, 1.165) is 6.92 Å². The molecule has 1 aromatic heterocycles. The number of rotatable bonds is 9. The molecule has 0 bridgehead atoms. The predicted molar refractivity (Wildman–Crippen MR) is 144 cm³/mol. The van der Waals surface area contributed by atoms with Crippen molar-refractivity contribution in [3.63, 3.8) is 0 Å². The van der Waals surface area contributed by atoms with Gasteiger partial charge in [-0.15, -0.1) is 0 Å². The van der Waals surface area contributed by atoms with Crippen molar-refractivity contribution in [3.05, 3.63) is 56.1 Å². The molecule has 0 saturated carbocycles. The molecule has 0 radical (unpaired) electrons. The molecule has 2 aromatic rings. The van der Waals surface area contributed by atoms with Gasteiger partial charge >= 0.3 is 23.5 Å². The van der Waals surface area contributed by atoms with Crippen molar-refractivity contribution in [2.24, 2.45) is 5.92 Å². The van der Waals surface area contributed by atoms with Crippen LogP contribution in [0.3, 0.4) is 0 Å². The van der Waals surface area contributed by atoms with Crippen molar-refractivity contribution in [1.29, 1.82) is 0 Å². The highest BCUT2D eigenvalue weighted by molar-refractivity contribution is 6.05. The standard InChI is InChI=1S/C30H34O10/c1-10-22-15(6)26(36-16(7)31)21(30(35)40-22)11-19-27-20(12-23(39-27)13(2)3)29(38-18(9)33)24(25(34)14(4)5)28(19)37-17(8)32/h14,23H,2,10-12H2,1,3-9H3. The Hall–Kier alpha value is -4.21. The zero-order chi connectivity index (χ0) is 30.0. The Balaban J connectivity index is 2.49. The van der Waals surface area contributed by atoms with Gasteiger partial charge in [0, 0.05) is 62.6 Å². The third-order valence-electron chi connectivity index (χ3n) is 6.43. The summed E-state index contributed by atoms with van der Waals surface area (Å²) in [4.78, 5) is 63.4. The van der Waals surface area contributed by atoms with Gasteiger partial charge in [-0.1, -0.05) is 27.4 Å². The fourth-order valence-corrected chi connectivity index (χ4v) is 4.59. The lowest BCUT2D eigenvalue weighted by atomic mass is 9.89. The van der Waals surface area contributed by atoms with E-state index >= 15 is 0 Å². The molecule has 10 nitrogen and oxygen atoms in total. The number of ether oxygens (including phenoxy) is 4. The number of hydrogen-bond acceptors (Lipinski definition) is 10. The van der Waals surface area contributed by atoms with Crippen LogP contribution in [0.15, 0.2) is 21.4 Å².